The lowest BCUT2D eigenvalue weighted by molar-refractivity contribution is -0.362. The number of hydrogen-bond acceptors (Lipinski definition) is 13. The molecule has 3 heterocycles. The molecule has 320 valence electrons. The summed E-state index contributed by atoms with van der Waals surface area (Å²) in [5, 5.41) is 4.20. The van der Waals surface area contributed by atoms with E-state index in [2.05, 4.69) is 10.0 Å². The Morgan fingerprint density at radius 1 is 0.710 bits per heavy atom. The SMILES string of the molecule is COC(=O)[C@@H]1O[C@H](Sc2ccccc2)[C@H](OC(=O)c2ccccc2)[C@@H](OCc2ccccc2)[C@@H]1O[C@H]1O[C@@H]2CO[C@@H](c3ccccc3)O[C@H]2[C@H](OCc2ccccc2)[C@H]1N=[N+]=[N-]. The van der Waals surface area contributed by atoms with Gasteiger partial charge in [-0.2, -0.15) is 0 Å². The van der Waals surface area contributed by atoms with Gasteiger partial charge in [0.25, 0.3) is 0 Å². The zero-order valence-electron chi connectivity index (χ0n) is 33.6. The highest BCUT2D eigenvalue weighted by molar-refractivity contribution is 7.99. The number of fused-ring (bicyclic) bond motifs is 1. The quantitative estimate of drug-likeness (QED) is 0.0432. The molecule has 8 rings (SSSR count). The maximum Gasteiger partial charge on any atom is 0.338 e. The van der Waals surface area contributed by atoms with Gasteiger partial charge in [0.1, 0.15) is 42.0 Å². The lowest BCUT2D eigenvalue weighted by Gasteiger charge is -2.50. The number of hydrogen-bond donors (Lipinski definition) is 0. The first-order valence-electron chi connectivity index (χ1n) is 20.2. The van der Waals surface area contributed by atoms with Crippen molar-refractivity contribution in [2.45, 2.75) is 84.9 Å². The van der Waals surface area contributed by atoms with E-state index in [1.165, 1.54) is 18.9 Å². The predicted octanol–water partition coefficient (Wildman–Crippen LogP) is 7.98. The molecule has 62 heavy (non-hydrogen) atoms. The number of thioether (sulfide) groups is 1. The van der Waals surface area contributed by atoms with Crippen molar-refractivity contribution in [3.05, 3.63) is 184 Å². The second-order valence-electron chi connectivity index (χ2n) is 14.7. The molecule has 5 aromatic rings. The first kappa shape index (κ1) is 43.1. The summed E-state index contributed by atoms with van der Waals surface area (Å²) in [6.07, 6.45) is -9.88. The smallest absolute Gasteiger partial charge is 0.338 e. The second kappa shape index (κ2) is 21.0. The van der Waals surface area contributed by atoms with Crippen molar-refractivity contribution in [3.8, 4) is 0 Å². The summed E-state index contributed by atoms with van der Waals surface area (Å²) in [5.74, 6) is -1.43. The van der Waals surface area contributed by atoms with E-state index in [-0.39, 0.29) is 19.8 Å². The van der Waals surface area contributed by atoms with Crippen molar-refractivity contribution in [1.29, 1.82) is 0 Å². The van der Waals surface area contributed by atoms with E-state index in [0.29, 0.717) is 5.56 Å². The average molecular weight is 860 g/mol. The fourth-order valence-corrected chi connectivity index (χ4v) is 8.69. The minimum absolute atomic E-state index is 0.0305. The van der Waals surface area contributed by atoms with Crippen LogP contribution in [0.5, 0.6) is 0 Å². The topological polar surface area (TPSA) is 166 Å². The maximum atomic E-state index is 14.0. The molecule has 14 nitrogen and oxygen atoms in total. The number of carbonyl (C=O) groups excluding carboxylic acids is 2. The van der Waals surface area contributed by atoms with Gasteiger partial charge in [-0.3, -0.25) is 0 Å². The van der Waals surface area contributed by atoms with E-state index in [0.717, 1.165) is 21.6 Å². The summed E-state index contributed by atoms with van der Waals surface area (Å²) < 4.78 is 57.8. The molecule has 3 fully saturated rings. The Morgan fingerprint density at radius 3 is 1.90 bits per heavy atom. The zero-order valence-corrected chi connectivity index (χ0v) is 34.5. The van der Waals surface area contributed by atoms with Gasteiger partial charge in [0.2, 0.25) is 0 Å². The highest BCUT2D eigenvalue weighted by Gasteiger charge is 2.57. The molecule has 15 heteroatoms. The summed E-state index contributed by atoms with van der Waals surface area (Å²) in [7, 11) is 1.24. The molecule has 5 aromatic carbocycles. The Labute approximate surface area is 362 Å². The average Bonchev–Trinajstić information content (AvgIpc) is 3.33. The zero-order chi connectivity index (χ0) is 42.7. The molecule has 0 saturated carbocycles. The number of carbonyl (C=O) groups is 2. The van der Waals surface area contributed by atoms with Crippen LogP contribution in [0, 0.1) is 0 Å². The van der Waals surface area contributed by atoms with Crippen molar-refractivity contribution in [2.75, 3.05) is 13.7 Å². The number of esters is 2. The van der Waals surface area contributed by atoms with Gasteiger partial charge in [-0.1, -0.05) is 144 Å². The largest absolute Gasteiger partial charge is 0.467 e. The van der Waals surface area contributed by atoms with Crippen LogP contribution in [0.3, 0.4) is 0 Å². The second-order valence-corrected chi connectivity index (χ2v) is 15.8. The van der Waals surface area contributed by atoms with Gasteiger partial charge >= 0.3 is 11.9 Å². The first-order chi connectivity index (χ1) is 30.5. The van der Waals surface area contributed by atoms with Gasteiger partial charge in [0.05, 0.1) is 32.5 Å². The molecule has 3 saturated heterocycles. The molecule has 0 unspecified atom stereocenters. The van der Waals surface area contributed by atoms with Crippen LogP contribution in [0.1, 0.15) is 33.3 Å². The summed E-state index contributed by atoms with van der Waals surface area (Å²) >= 11 is 1.25. The molecule has 0 spiro atoms. The fraction of sp³-hybridized carbons (Fsp3) is 0.319. The van der Waals surface area contributed by atoms with Crippen molar-refractivity contribution in [2.24, 2.45) is 5.11 Å². The van der Waals surface area contributed by atoms with E-state index >= 15 is 0 Å². The van der Waals surface area contributed by atoms with Crippen LogP contribution in [0.15, 0.2) is 162 Å². The standard InChI is InChI=1S/C47H45N3O11S/c1-53-44(52)41-40(39(55-28-31-19-9-3-10-20-31)42(58-43(51)32-21-11-4-12-22-32)47(61-41)62-34-25-15-6-16-26-34)60-46-36(49-50-48)38(54-27-30-17-7-2-8-18-30)37-35(57-46)29-56-45(59-37)33-23-13-5-14-24-33/h2-26,35-42,45-47H,27-29H2,1H3/t35-,36-,37-,38-,39+,40+,41-,42-,45-,46-,47-/m1/s1. The number of ether oxygens (including phenoxy) is 9. The van der Waals surface area contributed by atoms with Gasteiger partial charge in [-0.05, 0) is 40.9 Å². The lowest BCUT2D eigenvalue weighted by atomic mass is 9.94. The van der Waals surface area contributed by atoms with Crippen LogP contribution in [-0.4, -0.2) is 86.2 Å². The van der Waals surface area contributed by atoms with Gasteiger partial charge in [0.15, 0.2) is 24.8 Å². The molecular formula is C47H45N3O11S. The van der Waals surface area contributed by atoms with Crippen molar-refractivity contribution in [1.82, 2.24) is 0 Å². The summed E-state index contributed by atoms with van der Waals surface area (Å²) in [4.78, 5) is 31.9. The molecule has 0 radical (unpaired) electrons. The highest BCUT2D eigenvalue weighted by Crippen LogP contribution is 2.42. The Hall–Kier alpha value is -5.58. The highest BCUT2D eigenvalue weighted by atomic mass is 32.2. The Morgan fingerprint density at radius 2 is 1.29 bits per heavy atom. The minimum atomic E-state index is -1.45. The van der Waals surface area contributed by atoms with Crippen molar-refractivity contribution >= 4 is 23.7 Å². The van der Waals surface area contributed by atoms with Crippen molar-refractivity contribution in [3.63, 3.8) is 0 Å². The number of methoxy groups -OCH3 is 1. The monoisotopic (exact) mass is 859 g/mol. The van der Waals surface area contributed by atoms with E-state index < -0.39 is 78.7 Å². The lowest BCUT2D eigenvalue weighted by Crippen LogP contribution is -2.66. The summed E-state index contributed by atoms with van der Waals surface area (Å²) in [6.45, 7) is 0.221. The third kappa shape index (κ3) is 10.4. The van der Waals surface area contributed by atoms with Crippen LogP contribution < -0.4 is 0 Å². The van der Waals surface area contributed by atoms with Gasteiger partial charge in [0, 0.05) is 15.4 Å². The van der Waals surface area contributed by atoms with Crippen LogP contribution in [0.4, 0.5) is 0 Å². The van der Waals surface area contributed by atoms with E-state index in [9.17, 15) is 15.1 Å². The first-order valence-corrected chi connectivity index (χ1v) is 21.1. The molecule has 0 amide bonds. The van der Waals surface area contributed by atoms with Gasteiger partial charge in [-0.25, -0.2) is 9.59 Å². The van der Waals surface area contributed by atoms with Gasteiger partial charge in [-0.15, -0.1) is 0 Å². The van der Waals surface area contributed by atoms with Crippen LogP contribution in [-0.2, 0) is 60.6 Å². The molecule has 3 aliphatic heterocycles. The fourth-order valence-electron chi connectivity index (χ4n) is 7.59. The molecule has 3 aliphatic rings. The number of rotatable bonds is 15. The van der Waals surface area contributed by atoms with Crippen LogP contribution >= 0.6 is 11.8 Å². The van der Waals surface area contributed by atoms with Crippen molar-refractivity contribution < 1.29 is 52.2 Å². The normalized spacial score (nSPS) is 28.1. The molecule has 0 aromatic heterocycles. The summed E-state index contributed by atoms with van der Waals surface area (Å²) in [6, 6.07) is 45.1. The van der Waals surface area contributed by atoms with E-state index in [1.54, 1.807) is 30.3 Å². The van der Waals surface area contributed by atoms with E-state index in [4.69, 9.17) is 42.6 Å². The number of nitrogens with zero attached hydrogens (tertiary/aromatic N) is 3. The van der Waals surface area contributed by atoms with E-state index in [1.807, 2.05) is 121 Å². The Kier molecular flexibility index (Phi) is 14.6. The molecule has 0 N–H and O–H groups in total. The molecule has 0 bridgehead atoms. The number of benzene rings is 5. The molecule has 0 aliphatic carbocycles. The van der Waals surface area contributed by atoms with Gasteiger partial charge < -0.3 is 42.6 Å². The van der Waals surface area contributed by atoms with Crippen LogP contribution in [0.2, 0.25) is 0 Å². The summed E-state index contributed by atoms with van der Waals surface area (Å²) in [5.41, 5.74) is 11.8. The third-order valence-corrected chi connectivity index (χ3v) is 11.8. The third-order valence-electron chi connectivity index (χ3n) is 10.6. The Balaban J connectivity index is 1.17. The van der Waals surface area contributed by atoms with Crippen LogP contribution in [0.25, 0.3) is 10.4 Å². The predicted molar refractivity (Wildman–Crippen MR) is 225 cm³/mol. The maximum absolute atomic E-state index is 14.0. The minimum Gasteiger partial charge on any atom is -0.467 e. The molecular weight excluding hydrogens is 815 g/mol. The Bertz CT molecular complexity index is 2240. The number of azide groups is 1. The molecule has 11 atom stereocenters.